The van der Waals surface area contributed by atoms with E-state index in [1.807, 2.05) is 5.38 Å². The molecule has 1 aliphatic heterocycles. The first-order chi connectivity index (χ1) is 17.8. The first-order valence-electron chi connectivity index (χ1n) is 11.3. The first-order valence-corrected chi connectivity index (χ1v) is 14.6. The molecule has 0 unspecified atom stereocenters. The number of methoxy groups -OCH3 is 1. The van der Waals surface area contributed by atoms with E-state index in [-0.39, 0.29) is 27.2 Å². The Morgan fingerprint density at radius 2 is 1.81 bits per heavy atom. The van der Waals surface area contributed by atoms with Crippen molar-refractivity contribution in [1.29, 1.82) is 0 Å². The number of carbonyl (C=O) groups is 1. The van der Waals surface area contributed by atoms with Gasteiger partial charge in [-0.3, -0.25) is 9.52 Å². The monoisotopic (exact) mass is 558 g/mol. The molecule has 2 aromatic heterocycles. The Labute approximate surface area is 222 Å². The third-order valence-corrected chi connectivity index (χ3v) is 9.60. The van der Waals surface area contributed by atoms with E-state index >= 15 is 0 Å². The zero-order chi connectivity index (χ0) is 26.0. The summed E-state index contributed by atoms with van der Waals surface area (Å²) in [6.45, 7) is 2.06. The molecule has 8 nitrogen and oxygen atoms in total. The van der Waals surface area contributed by atoms with E-state index in [2.05, 4.69) is 14.6 Å². The summed E-state index contributed by atoms with van der Waals surface area (Å²) in [6, 6.07) is 14.1. The maximum absolute atomic E-state index is 13.4. The van der Waals surface area contributed by atoms with Crippen LogP contribution in [0.5, 0.6) is 5.75 Å². The highest BCUT2D eigenvalue weighted by molar-refractivity contribution is 7.94. The summed E-state index contributed by atoms with van der Waals surface area (Å²) >= 11 is 2.60. The number of aromatic nitrogens is 1. The van der Waals surface area contributed by atoms with Crippen LogP contribution >= 0.6 is 22.7 Å². The van der Waals surface area contributed by atoms with Crippen molar-refractivity contribution in [3.8, 4) is 17.0 Å². The van der Waals surface area contributed by atoms with Gasteiger partial charge in [-0.15, -0.1) is 22.7 Å². The molecule has 0 spiro atoms. The molecule has 1 aliphatic rings. The second-order valence-electron chi connectivity index (χ2n) is 8.25. The molecule has 4 aromatic rings. The van der Waals surface area contributed by atoms with Crippen LogP contribution in [0, 0.1) is 5.82 Å². The number of sulfonamides is 1. The Kier molecular flexibility index (Phi) is 7.13. The molecule has 37 heavy (non-hydrogen) atoms. The molecule has 192 valence electrons. The van der Waals surface area contributed by atoms with Crippen LogP contribution in [0.2, 0.25) is 0 Å². The zero-order valence-corrected chi connectivity index (χ0v) is 22.2. The number of halogens is 1. The highest BCUT2D eigenvalue weighted by Crippen LogP contribution is 2.30. The number of ether oxygens (including phenoxy) is 1. The smallest absolute Gasteiger partial charge is 0.271 e. The summed E-state index contributed by atoms with van der Waals surface area (Å²) in [5, 5.41) is 4.44. The lowest BCUT2D eigenvalue weighted by molar-refractivity contribution is 0.0748. The van der Waals surface area contributed by atoms with Crippen molar-refractivity contribution >= 4 is 49.4 Å². The minimum absolute atomic E-state index is 0.158. The SMILES string of the molecule is COc1ccc(C(=O)N2CCN(c3nc(-c4ccc(F)cc4)cs3)CC2)c(NS(=O)(=O)c2cccs2)c1. The fourth-order valence-electron chi connectivity index (χ4n) is 3.97. The van der Waals surface area contributed by atoms with Gasteiger partial charge in [0.1, 0.15) is 15.8 Å². The van der Waals surface area contributed by atoms with Gasteiger partial charge in [-0.1, -0.05) is 6.07 Å². The second kappa shape index (κ2) is 10.5. The largest absolute Gasteiger partial charge is 0.497 e. The van der Waals surface area contributed by atoms with Crippen molar-refractivity contribution in [2.24, 2.45) is 0 Å². The van der Waals surface area contributed by atoms with E-state index in [1.165, 1.54) is 42.7 Å². The summed E-state index contributed by atoms with van der Waals surface area (Å²) in [5.74, 6) is -0.123. The van der Waals surface area contributed by atoms with Crippen LogP contribution in [0.1, 0.15) is 10.4 Å². The maximum atomic E-state index is 13.4. The lowest BCUT2D eigenvalue weighted by atomic mass is 10.1. The van der Waals surface area contributed by atoms with Gasteiger partial charge < -0.3 is 14.5 Å². The van der Waals surface area contributed by atoms with E-state index in [0.717, 1.165) is 27.7 Å². The number of nitrogens with one attached hydrogen (secondary N) is 1. The predicted molar refractivity (Wildman–Crippen MR) is 144 cm³/mol. The Bertz CT molecular complexity index is 1500. The molecule has 12 heteroatoms. The van der Waals surface area contributed by atoms with E-state index in [0.29, 0.717) is 31.9 Å². The quantitative estimate of drug-likeness (QED) is 0.351. The number of hydrogen-bond donors (Lipinski definition) is 1. The van der Waals surface area contributed by atoms with Crippen LogP contribution in [0.25, 0.3) is 11.3 Å². The lowest BCUT2D eigenvalue weighted by Crippen LogP contribution is -2.49. The number of anilines is 2. The Balaban J connectivity index is 1.30. The van der Waals surface area contributed by atoms with Crippen molar-refractivity contribution in [1.82, 2.24) is 9.88 Å². The third-order valence-electron chi connectivity index (χ3n) is 5.93. The van der Waals surface area contributed by atoms with Gasteiger partial charge in [0.2, 0.25) is 0 Å². The number of benzene rings is 2. The Morgan fingerprint density at radius 3 is 2.49 bits per heavy atom. The molecule has 0 atom stereocenters. The number of thiophene rings is 1. The number of piperazine rings is 1. The van der Waals surface area contributed by atoms with Crippen LogP contribution in [-0.2, 0) is 10.0 Å². The number of carbonyl (C=O) groups excluding carboxylic acids is 1. The standard InChI is InChI=1S/C25H23FN4O4S3/c1-34-19-8-9-20(21(15-19)28-37(32,33)23-3-2-14-35-23)24(31)29-10-12-30(13-11-29)25-27-22(16-36-25)17-4-6-18(26)7-5-17/h2-9,14-16,28H,10-13H2,1H3. The summed E-state index contributed by atoms with van der Waals surface area (Å²) in [5.41, 5.74) is 2.04. The Hall–Kier alpha value is -3.48. The fraction of sp³-hybridized carbons (Fsp3) is 0.200. The van der Waals surface area contributed by atoms with Crippen molar-refractivity contribution in [2.75, 3.05) is 42.9 Å². The van der Waals surface area contributed by atoms with Crippen LogP contribution in [0.4, 0.5) is 15.2 Å². The topological polar surface area (TPSA) is 91.8 Å². The van der Waals surface area contributed by atoms with Gasteiger partial charge in [0.25, 0.3) is 15.9 Å². The normalized spacial score (nSPS) is 14.0. The van der Waals surface area contributed by atoms with Gasteiger partial charge in [0.15, 0.2) is 5.13 Å². The predicted octanol–water partition coefficient (Wildman–Crippen LogP) is 4.78. The number of amides is 1. The molecular formula is C25H23FN4O4S3. The van der Waals surface area contributed by atoms with Gasteiger partial charge in [0, 0.05) is 43.2 Å². The van der Waals surface area contributed by atoms with Crippen LogP contribution in [-0.4, -0.2) is 57.5 Å². The molecule has 0 saturated carbocycles. The number of nitrogens with zero attached hydrogens (tertiary/aromatic N) is 3. The number of rotatable bonds is 7. The molecule has 1 amide bonds. The van der Waals surface area contributed by atoms with Crippen LogP contribution < -0.4 is 14.4 Å². The third kappa shape index (κ3) is 5.45. The fourth-order valence-corrected chi connectivity index (χ4v) is 6.92. The lowest BCUT2D eigenvalue weighted by Gasteiger charge is -2.35. The number of thiazole rings is 1. The van der Waals surface area contributed by atoms with E-state index in [1.54, 1.807) is 40.6 Å². The van der Waals surface area contributed by atoms with E-state index < -0.39 is 10.0 Å². The molecule has 5 rings (SSSR count). The van der Waals surface area contributed by atoms with Gasteiger partial charge >= 0.3 is 0 Å². The molecular weight excluding hydrogens is 535 g/mol. The zero-order valence-electron chi connectivity index (χ0n) is 19.8. The van der Waals surface area contributed by atoms with Gasteiger partial charge in [-0.2, -0.15) is 0 Å². The minimum Gasteiger partial charge on any atom is -0.497 e. The van der Waals surface area contributed by atoms with Crippen LogP contribution in [0.3, 0.4) is 0 Å². The maximum Gasteiger partial charge on any atom is 0.271 e. The highest BCUT2D eigenvalue weighted by atomic mass is 32.2. The average molecular weight is 559 g/mol. The molecule has 0 radical (unpaired) electrons. The van der Waals surface area contributed by atoms with Crippen LogP contribution in [0.15, 0.2) is 69.6 Å². The Morgan fingerprint density at radius 1 is 1.05 bits per heavy atom. The molecule has 0 aliphatic carbocycles. The highest BCUT2D eigenvalue weighted by Gasteiger charge is 2.27. The van der Waals surface area contributed by atoms with Crippen molar-refractivity contribution in [3.05, 3.63) is 76.7 Å². The molecule has 3 heterocycles. The van der Waals surface area contributed by atoms with E-state index in [9.17, 15) is 17.6 Å². The van der Waals surface area contributed by atoms with Gasteiger partial charge in [-0.25, -0.2) is 17.8 Å². The molecule has 1 saturated heterocycles. The minimum atomic E-state index is -3.84. The first kappa shape index (κ1) is 25.2. The summed E-state index contributed by atoms with van der Waals surface area (Å²) in [6.07, 6.45) is 0. The summed E-state index contributed by atoms with van der Waals surface area (Å²) in [4.78, 5) is 21.9. The van der Waals surface area contributed by atoms with Gasteiger partial charge in [0.05, 0.1) is 24.1 Å². The van der Waals surface area contributed by atoms with Crippen molar-refractivity contribution in [2.45, 2.75) is 4.21 Å². The molecule has 0 bridgehead atoms. The van der Waals surface area contributed by atoms with E-state index in [4.69, 9.17) is 4.74 Å². The second-order valence-corrected chi connectivity index (χ2v) is 11.9. The number of hydrogen-bond acceptors (Lipinski definition) is 8. The summed E-state index contributed by atoms with van der Waals surface area (Å²) in [7, 11) is -2.36. The average Bonchev–Trinajstić information content (AvgIpc) is 3.62. The summed E-state index contributed by atoms with van der Waals surface area (Å²) < 4.78 is 46.9. The molecule has 1 N–H and O–H groups in total. The van der Waals surface area contributed by atoms with Crippen molar-refractivity contribution in [3.63, 3.8) is 0 Å². The molecule has 2 aromatic carbocycles. The van der Waals surface area contributed by atoms with Gasteiger partial charge in [-0.05, 0) is 47.8 Å². The molecule has 1 fully saturated rings. The van der Waals surface area contributed by atoms with Crippen molar-refractivity contribution < 1.29 is 22.3 Å².